The second-order valence-corrected chi connectivity index (χ2v) is 6.29. The van der Waals surface area contributed by atoms with Crippen LogP contribution in [0.3, 0.4) is 0 Å². The van der Waals surface area contributed by atoms with Crippen LogP contribution in [0, 0.1) is 11.3 Å². The topological polar surface area (TPSA) is 111 Å². The average molecular weight is 334 g/mol. The third-order valence-corrected chi connectivity index (χ3v) is 4.47. The fourth-order valence-electron chi connectivity index (χ4n) is 3.07. The zero-order chi connectivity index (χ0) is 17.7. The summed E-state index contributed by atoms with van der Waals surface area (Å²) in [6, 6.07) is 1.38. The van der Waals surface area contributed by atoms with Crippen LogP contribution in [0.25, 0.3) is 0 Å². The number of hydrogen-bond donors (Lipinski definition) is 1. The Morgan fingerprint density at radius 1 is 1.17 bits per heavy atom. The van der Waals surface area contributed by atoms with Crippen molar-refractivity contribution in [2.75, 3.05) is 13.1 Å². The summed E-state index contributed by atoms with van der Waals surface area (Å²) in [6.07, 6.45) is 5.19. The molecule has 0 aromatic carbocycles. The average Bonchev–Trinajstić information content (AvgIpc) is 2.77. The molecule has 24 heavy (non-hydrogen) atoms. The number of carbonyl (C=O) groups is 4. The molecule has 2 rings (SSSR count). The number of nitriles is 1. The van der Waals surface area contributed by atoms with Crippen molar-refractivity contribution in [2.24, 2.45) is 0 Å². The monoisotopic (exact) mass is 334 g/mol. The van der Waals surface area contributed by atoms with E-state index in [1.54, 1.807) is 0 Å². The van der Waals surface area contributed by atoms with E-state index in [2.05, 4.69) is 11.4 Å². The zero-order valence-corrected chi connectivity index (χ0v) is 13.8. The molecule has 1 aliphatic carbocycles. The van der Waals surface area contributed by atoms with Crippen LogP contribution < -0.4 is 5.32 Å². The van der Waals surface area contributed by atoms with Crippen molar-refractivity contribution in [2.45, 2.75) is 57.4 Å². The maximum atomic E-state index is 12.2. The first-order valence-electron chi connectivity index (χ1n) is 8.33. The summed E-state index contributed by atoms with van der Waals surface area (Å²) >= 11 is 0. The van der Waals surface area contributed by atoms with Gasteiger partial charge in [-0.25, -0.2) is 9.69 Å². The Morgan fingerprint density at radius 2 is 1.79 bits per heavy atom. The van der Waals surface area contributed by atoms with Crippen LogP contribution in [-0.4, -0.2) is 52.2 Å². The van der Waals surface area contributed by atoms with Crippen LogP contribution in [0.1, 0.15) is 51.9 Å². The van der Waals surface area contributed by atoms with Gasteiger partial charge in [0.15, 0.2) is 0 Å². The minimum Gasteiger partial charge on any atom is -0.336 e. The molecule has 0 aromatic heterocycles. The fourth-order valence-corrected chi connectivity index (χ4v) is 3.07. The minimum absolute atomic E-state index is 0.167. The van der Waals surface area contributed by atoms with E-state index in [1.165, 1.54) is 0 Å². The van der Waals surface area contributed by atoms with Crippen molar-refractivity contribution >= 4 is 23.8 Å². The maximum absolute atomic E-state index is 12.2. The van der Waals surface area contributed by atoms with E-state index in [9.17, 15) is 24.4 Å². The first-order valence-corrected chi connectivity index (χ1v) is 8.33. The van der Waals surface area contributed by atoms with Gasteiger partial charge >= 0.3 is 17.8 Å². The van der Waals surface area contributed by atoms with Gasteiger partial charge in [-0.05, 0) is 19.3 Å². The molecule has 1 heterocycles. The summed E-state index contributed by atoms with van der Waals surface area (Å²) in [4.78, 5) is 49.7. The van der Waals surface area contributed by atoms with E-state index < -0.39 is 35.8 Å². The number of urea groups is 1. The van der Waals surface area contributed by atoms with E-state index in [-0.39, 0.29) is 6.54 Å². The number of hydrogen-bond acceptors (Lipinski definition) is 5. The second-order valence-electron chi connectivity index (χ2n) is 6.29. The SMILES string of the molecule is CCCCN1C(=O)C(=O)N(CC(=O)NC2(C#N)CCCCC2)C1=O. The molecule has 5 amide bonds. The predicted octanol–water partition coefficient (Wildman–Crippen LogP) is 0.920. The lowest BCUT2D eigenvalue weighted by atomic mass is 9.83. The lowest BCUT2D eigenvalue weighted by molar-refractivity contribution is -0.144. The van der Waals surface area contributed by atoms with Gasteiger partial charge in [-0.15, -0.1) is 0 Å². The fraction of sp³-hybridized carbons (Fsp3) is 0.688. The Labute approximate surface area is 140 Å². The normalized spacial score (nSPS) is 20.2. The summed E-state index contributed by atoms with van der Waals surface area (Å²) in [5.74, 6) is -2.47. The highest BCUT2D eigenvalue weighted by atomic mass is 16.2. The number of nitrogens with one attached hydrogen (secondary N) is 1. The Bertz CT molecular complexity index is 589. The van der Waals surface area contributed by atoms with Gasteiger partial charge < -0.3 is 5.32 Å². The number of imide groups is 2. The number of amides is 5. The Balaban J connectivity index is 2.00. The van der Waals surface area contributed by atoms with Gasteiger partial charge in [0.2, 0.25) is 5.91 Å². The number of carbonyl (C=O) groups excluding carboxylic acids is 4. The molecule has 1 aliphatic heterocycles. The number of rotatable bonds is 6. The summed E-state index contributed by atoms with van der Waals surface area (Å²) in [5, 5.41) is 12.0. The predicted molar refractivity (Wildman–Crippen MR) is 83.3 cm³/mol. The summed E-state index contributed by atoms with van der Waals surface area (Å²) < 4.78 is 0. The quantitative estimate of drug-likeness (QED) is 0.573. The van der Waals surface area contributed by atoms with Crippen molar-refractivity contribution < 1.29 is 19.2 Å². The smallest absolute Gasteiger partial charge is 0.334 e. The van der Waals surface area contributed by atoms with Crippen LogP contribution >= 0.6 is 0 Å². The molecule has 0 bridgehead atoms. The lowest BCUT2D eigenvalue weighted by Gasteiger charge is -2.31. The third-order valence-electron chi connectivity index (χ3n) is 4.47. The molecular formula is C16H22N4O4. The molecule has 1 saturated heterocycles. The molecule has 0 atom stereocenters. The van der Waals surface area contributed by atoms with Gasteiger partial charge in [0, 0.05) is 6.54 Å². The molecule has 0 aromatic rings. The van der Waals surface area contributed by atoms with Crippen LogP contribution in [-0.2, 0) is 14.4 Å². The van der Waals surface area contributed by atoms with Gasteiger partial charge in [0.05, 0.1) is 6.07 Å². The minimum atomic E-state index is -0.985. The Morgan fingerprint density at radius 3 is 2.38 bits per heavy atom. The maximum Gasteiger partial charge on any atom is 0.334 e. The van der Waals surface area contributed by atoms with Crippen molar-refractivity contribution in [3.05, 3.63) is 0 Å². The molecule has 1 saturated carbocycles. The van der Waals surface area contributed by atoms with Crippen LogP contribution in [0.5, 0.6) is 0 Å². The lowest BCUT2D eigenvalue weighted by Crippen LogP contribution is -2.52. The first kappa shape index (κ1) is 17.9. The molecule has 8 nitrogen and oxygen atoms in total. The second kappa shape index (κ2) is 7.43. The Hall–Kier alpha value is -2.43. The van der Waals surface area contributed by atoms with Crippen LogP contribution in [0.4, 0.5) is 4.79 Å². The highest BCUT2D eigenvalue weighted by Crippen LogP contribution is 2.27. The van der Waals surface area contributed by atoms with Crippen molar-refractivity contribution in [1.82, 2.24) is 15.1 Å². The van der Waals surface area contributed by atoms with Crippen LogP contribution in [0.15, 0.2) is 0 Å². The summed E-state index contributed by atoms with van der Waals surface area (Å²) in [7, 11) is 0. The highest BCUT2D eigenvalue weighted by Gasteiger charge is 2.45. The van der Waals surface area contributed by atoms with E-state index in [0.717, 1.165) is 30.6 Å². The molecule has 130 valence electrons. The van der Waals surface area contributed by atoms with E-state index in [0.29, 0.717) is 24.2 Å². The molecule has 0 spiro atoms. The highest BCUT2D eigenvalue weighted by molar-refractivity contribution is 6.45. The van der Waals surface area contributed by atoms with Crippen molar-refractivity contribution in [3.8, 4) is 6.07 Å². The van der Waals surface area contributed by atoms with Crippen molar-refractivity contribution in [1.29, 1.82) is 5.26 Å². The number of unbranched alkanes of at least 4 members (excludes halogenated alkanes) is 1. The summed E-state index contributed by atoms with van der Waals surface area (Å²) in [5.41, 5.74) is -0.937. The molecule has 8 heteroatoms. The van der Waals surface area contributed by atoms with Crippen molar-refractivity contribution in [3.63, 3.8) is 0 Å². The van der Waals surface area contributed by atoms with E-state index in [1.807, 2.05) is 6.92 Å². The van der Waals surface area contributed by atoms with E-state index >= 15 is 0 Å². The van der Waals surface area contributed by atoms with Gasteiger partial charge in [0.25, 0.3) is 0 Å². The largest absolute Gasteiger partial charge is 0.336 e. The van der Waals surface area contributed by atoms with E-state index in [4.69, 9.17) is 0 Å². The standard InChI is InChI=1S/C16H22N4O4/c1-2-3-9-19-13(22)14(23)20(15(19)24)10-12(21)18-16(11-17)7-5-4-6-8-16/h2-10H2,1H3,(H,18,21). The molecular weight excluding hydrogens is 312 g/mol. The van der Waals surface area contributed by atoms with Gasteiger partial charge in [0.1, 0.15) is 12.1 Å². The van der Waals surface area contributed by atoms with Gasteiger partial charge in [-0.2, -0.15) is 5.26 Å². The molecule has 0 radical (unpaired) electrons. The molecule has 2 fully saturated rings. The molecule has 1 N–H and O–H groups in total. The number of nitrogens with zero attached hydrogens (tertiary/aromatic N) is 3. The Kier molecular flexibility index (Phi) is 5.54. The van der Waals surface area contributed by atoms with Gasteiger partial charge in [-0.1, -0.05) is 32.6 Å². The zero-order valence-electron chi connectivity index (χ0n) is 13.8. The third kappa shape index (κ3) is 3.55. The van der Waals surface area contributed by atoms with Gasteiger partial charge in [-0.3, -0.25) is 19.3 Å². The first-order chi connectivity index (χ1) is 11.4. The molecule has 2 aliphatic rings. The van der Waals surface area contributed by atoms with Crippen LogP contribution in [0.2, 0.25) is 0 Å². The summed E-state index contributed by atoms with van der Waals surface area (Å²) in [6.45, 7) is 1.54. The molecule has 0 unspecified atom stereocenters.